The van der Waals surface area contributed by atoms with Crippen LogP contribution >= 0.6 is 0 Å². The van der Waals surface area contributed by atoms with E-state index in [1.54, 1.807) is 0 Å². The molecule has 2 N–H and O–H groups in total. The Balaban J connectivity index is 2.48. The number of amides is 3. The molecule has 0 atom stereocenters. The number of hydrogen-bond donors (Lipinski definition) is 2. The van der Waals surface area contributed by atoms with Crippen molar-refractivity contribution in [1.82, 2.24) is 10.2 Å². The van der Waals surface area contributed by atoms with E-state index in [2.05, 4.69) is 0 Å². The smallest absolute Gasteiger partial charge is 0.303 e. The lowest BCUT2D eigenvalue weighted by Crippen LogP contribution is -2.53. The number of carboxylic acids is 1. The van der Waals surface area contributed by atoms with Crippen molar-refractivity contribution in [3.05, 3.63) is 0 Å². The second kappa shape index (κ2) is 4.54. The fraction of sp³-hybridized carbons (Fsp3) is 0.500. The van der Waals surface area contributed by atoms with Gasteiger partial charge in [0.15, 0.2) is 0 Å². The van der Waals surface area contributed by atoms with E-state index < -0.39 is 23.7 Å². The van der Waals surface area contributed by atoms with Gasteiger partial charge in [-0.1, -0.05) is 0 Å². The van der Waals surface area contributed by atoms with Crippen molar-refractivity contribution in [3.63, 3.8) is 0 Å². The molecule has 82 valence electrons. The Morgan fingerprint density at radius 2 is 1.73 bits per heavy atom. The van der Waals surface area contributed by atoms with Gasteiger partial charge >= 0.3 is 5.97 Å². The fourth-order valence-electron chi connectivity index (χ4n) is 1.19. The molecule has 0 spiro atoms. The van der Waals surface area contributed by atoms with E-state index in [1.165, 1.54) is 0 Å². The van der Waals surface area contributed by atoms with Gasteiger partial charge < -0.3 is 10.0 Å². The minimum Gasteiger partial charge on any atom is -0.481 e. The van der Waals surface area contributed by atoms with Crippen molar-refractivity contribution in [1.29, 1.82) is 0 Å². The lowest BCUT2D eigenvalue weighted by atomic mass is 10.2. The molecule has 1 aliphatic heterocycles. The molecular formula is C8H10N2O5. The number of hydrogen-bond acceptors (Lipinski definition) is 4. The Kier molecular flexibility index (Phi) is 3.37. The fourth-order valence-corrected chi connectivity index (χ4v) is 1.19. The average Bonchev–Trinajstić information content (AvgIpc) is 2.12. The maximum absolute atomic E-state index is 11.3. The highest BCUT2D eigenvalue weighted by Gasteiger charge is 2.26. The molecule has 1 fully saturated rings. The summed E-state index contributed by atoms with van der Waals surface area (Å²) in [7, 11) is 0. The number of carboxylic acid groups (broad SMARTS) is 1. The van der Waals surface area contributed by atoms with Gasteiger partial charge in [0.25, 0.3) is 0 Å². The third kappa shape index (κ3) is 3.37. The first-order valence-electron chi connectivity index (χ1n) is 4.31. The maximum atomic E-state index is 11.3. The number of nitrogens with zero attached hydrogens (tertiary/aromatic N) is 1. The molecule has 0 radical (unpaired) electrons. The van der Waals surface area contributed by atoms with E-state index in [4.69, 9.17) is 5.11 Å². The molecule has 0 aromatic rings. The van der Waals surface area contributed by atoms with Crippen molar-refractivity contribution in [2.24, 2.45) is 0 Å². The third-order valence-corrected chi connectivity index (χ3v) is 1.85. The summed E-state index contributed by atoms with van der Waals surface area (Å²) in [5.74, 6) is -2.68. The van der Waals surface area contributed by atoms with E-state index in [-0.39, 0.29) is 25.9 Å². The molecule has 7 nitrogen and oxygen atoms in total. The highest BCUT2D eigenvalue weighted by Crippen LogP contribution is 2.01. The van der Waals surface area contributed by atoms with Crippen molar-refractivity contribution in [2.45, 2.75) is 12.8 Å². The maximum Gasteiger partial charge on any atom is 0.303 e. The van der Waals surface area contributed by atoms with Crippen LogP contribution in [0.15, 0.2) is 0 Å². The standard InChI is InChI=1S/C8H10N2O5/c11-5-3-10(4-6(12)9-5)7(13)1-2-8(14)15/h1-4H2,(H,14,15)(H,9,11,12). The summed E-state index contributed by atoms with van der Waals surface area (Å²) in [5, 5.41) is 10.4. The minimum absolute atomic E-state index is 0.190. The van der Waals surface area contributed by atoms with E-state index >= 15 is 0 Å². The van der Waals surface area contributed by atoms with Gasteiger partial charge in [-0.2, -0.15) is 0 Å². The second-order valence-electron chi connectivity index (χ2n) is 3.11. The molecule has 1 aliphatic rings. The van der Waals surface area contributed by atoms with Crippen LogP contribution in [0.2, 0.25) is 0 Å². The van der Waals surface area contributed by atoms with Gasteiger partial charge in [0, 0.05) is 6.42 Å². The lowest BCUT2D eigenvalue weighted by molar-refractivity contribution is -0.146. The third-order valence-electron chi connectivity index (χ3n) is 1.85. The van der Waals surface area contributed by atoms with Crippen molar-refractivity contribution in [2.75, 3.05) is 13.1 Å². The minimum atomic E-state index is -1.09. The Morgan fingerprint density at radius 3 is 2.20 bits per heavy atom. The first-order chi connectivity index (χ1) is 6.99. The van der Waals surface area contributed by atoms with Crippen LogP contribution in [-0.4, -0.2) is 46.8 Å². The molecule has 7 heteroatoms. The van der Waals surface area contributed by atoms with Gasteiger partial charge in [0.1, 0.15) is 13.1 Å². The highest BCUT2D eigenvalue weighted by molar-refractivity contribution is 6.02. The van der Waals surface area contributed by atoms with Gasteiger partial charge in [0.2, 0.25) is 17.7 Å². The van der Waals surface area contributed by atoms with Crippen LogP contribution in [0.4, 0.5) is 0 Å². The normalized spacial score (nSPS) is 16.1. The highest BCUT2D eigenvalue weighted by atomic mass is 16.4. The van der Waals surface area contributed by atoms with Crippen LogP contribution in [0, 0.1) is 0 Å². The number of rotatable bonds is 3. The van der Waals surface area contributed by atoms with Crippen molar-refractivity contribution < 1.29 is 24.3 Å². The Labute approximate surface area is 85.0 Å². The average molecular weight is 214 g/mol. The Hall–Kier alpha value is -1.92. The zero-order valence-corrected chi connectivity index (χ0v) is 7.86. The number of nitrogens with one attached hydrogen (secondary N) is 1. The monoisotopic (exact) mass is 214 g/mol. The van der Waals surface area contributed by atoms with E-state index in [0.29, 0.717) is 0 Å². The quantitative estimate of drug-likeness (QED) is 0.547. The summed E-state index contributed by atoms with van der Waals surface area (Å²) >= 11 is 0. The van der Waals surface area contributed by atoms with Crippen molar-refractivity contribution in [3.8, 4) is 0 Å². The number of carbonyl (C=O) groups excluding carboxylic acids is 3. The molecule has 1 rings (SSSR count). The first-order valence-corrected chi connectivity index (χ1v) is 4.31. The number of aliphatic carboxylic acids is 1. The Morgan fingerprint density at radius 1 is 1.20 bits per heavy atom. The largest absolute Gasteiger partial charge is 0.481 e. The van der Waals surface area contributed by atoms with Gasteiger partial charge in [0.05, 0.1) is 6.42 Å². The van der Waals surface area contributed by atoms with E-state index in [9.17, 15) is 19.2 Å². The van der Waals surface area contributed by atoms with Crippen molar-refractivity contribution >= 4 is 23.7 Å². The summed E-state index contributed by atoms with van der Waals surface area (Å²) in [6, 6.07) is 0. The van der Waals surface area contributed by atoms with Gasteiger partial charge in [-0.25, -0.2) is 0 Å². The molecule has 1 heterocycles. The molecule has 3 amide bonds. The molecule has 0 saturated carbocycles. The van der Waals surface area contributed by atoms with Crippen LogP contribution in [0.25, 0.3) is 0 Å². The molecule has 0 aliphatic carbocycles. The van der Waals surface area contributed by atoms with E-state index in [1.807, 2.05) is 5.32 Å². The number of imide groups is 1. The SMILES string of the molecule is O=C(O)CCC(=O)N1CC(=O)NC(=O)C1. The molecule has 0 bridgehead atoms. The van der Waals surface area contributed by atoms with E-state index in [0.717, 1.165) is 4.90 Å². The topological polar surface area (TPSA) is 104 Å². The number of piperazine rings is 1. The van der Waals surface area contributed by atoms with Crippen LogP contribution in [0.3, 0.4) is 0 Å². The molecule has 1 saturated heterocycles. The zero-order valence-electron chi connectivity index (χ0n) is 7.86. The zero-order chi connectivity index (χ0) is 11.4. The summed E-state index contributed by atoms with van der Waals surface area (Å²) in [6.07, 6.45) is -0.499. The van der Waals surface area contributed by atoms with Crippen LogP contribution < -0.4 is 5.32 Å². The molecule has 0 aromatic carbocycles. The Bertz CT molecular complexity index is 309. The van der Waals surface area contributed by atoms with Crippen LogP contribution in [-0.2, 0) is 19.2 Å². The summed E-state index contributed by atoms with van der Waals surface area (Å²) in [6.45, 7) is -0.381. The molecular weight excluding hydrogens is 204 g/mol. The summed E-state index contributed by atoms with van der Waals surface area (Å²) < 4.78 is 0. The lowest BCUT2D eigenvalue weighted by Gasteiger charge is -2.25. The molecule has 0 unspecified atom stereocenters. The van der Waals surface area contributed by atoms with Gasteiger partial charge in [-0.05, 0) is 0 Å². The van der Waals surface area contributed by atoms with Gasteiger partial charge in [-0.15, -0.1) is 0 Å². The predicted octanol–water partition coefficient (Wildman–Crippen LogP) is -1.66. The summed E-state index contributed by atoms with van der Waals surface area (Å²) in [5.41, 5.74) is 0. The second-order valence-corrected chi connectivity index (χ2v) is 3.11. The predicted molar refractivity (Wildman–Crippen MR) is 46.6 cm³/mol. The number of carbonyl (C=O) groups is 4. The first kappa shape index (κ1) is 11.2. The molecule has 15 heavy (non-hydrogen) atoms. The molecule has 0 aromatic heterocycles. The van der Waals surface area contributed by atoms with Gasteiger partial charge in [-0.3, -0.25) is 24.5 Å². The summed E-state index contributed by atoms with van der Waals surface area (Å²) in [4.78, 5) is 44.3. The van der Waals surface area contributed by atoms with Crippen LogP contribution in [0.5, 0.6) is 0 Å². The van der Waals surface area contributed by atoms with Crippen LogP contribution in [0.1, 0.15) is 12.8 Å².